The fraction of sp³-hybridized carbons (Fsp3) is 0.250. The molecular formula is C40H36F5I3N8O10. The predicted molar refractivity (Wildman–Crippen MR) is 249 cm³/mol. The van der Waals surface area contributed by atoms with Gasteiger partial charge < -0.3 is 30.5 Å². The highest BCUT2D eigenvalue weighted by Gasteiger charge is 2.41. The molecule has 3 fully saturated rings. The van der Waals surface area contributed by atoms with Gasteiger partial charge in [0.05, 0.1) is 60.9 Å². The quantitative estimate of drug-likeness (QED) is 0.0336. The second-order valence-electron chi connectivity index (χ2n) is 13.8. The smallest absolute Gasteiger partial charge is 0.414 e. The van der Waals surface area contributed by atoms with Crippen molar-refractivity contribution in [2.24, 2.45) is 11.6 Å². The number of alkyl halides is 2. The van der Waals surface area contributed by atoms with Crippen LogP contribution in [0.2, 0.25) is 0 Å². The average Bonchev–Trinajstić information content (AvgIpc) is 4.04. The summed E-state index contributed by atoms with van der Waals surface area (Å²) in [7, 11) is 0. The van der Waals surface area contributed by atoms with Gasteiger partial charge in [-0.2, -0.15) is 8.78 Å². The number of carbonyl (C=O) groups is 6. The molecule has 7 N–H and O–H groups in total. The summed E-state index contributed by atoms with van der Waals surface area (Å²) in [5.74, 6) is 0.669. The van der Waals surface area contributed by atoms with Crippen molar-refractivity contribution in [2.45, 2.75) is 24.7 Å². The van der Waals surface area contributed by atoms with Gasteiger partial charge in [-0.1, -0.05) is 12.1 Å². The van der Waals surface area contributed by atoms with Gasteiger partial charge in [0.25, 0.3) is 17.7 Å². The number of rotatable bonds is 9. The zero-order valence-electron chi connectivity index (χ0n) is 33.6. The monoisotopic (exact) mass is 1260 g/mol. The van der Waals surface area contributed by atoms with E-state index in [9.17, 15) is 50.7 Å². The van der Waals surface area contributed by atoms with Crippen molar-refractivity contribution < 1.29 is 70.1 Å². The molecule has 3 saturated heterocycles. The summed E-state index contributed by atoms with van der Waals surface area (Å²) in [6.45, 7) is 0.554. The van der Waals surface area contributed by atoms with E-state index in [1.54, 1.807) is 54.6 Å². The standard InChI is InChI=1S/C18H12FIN2O4.C12H10F3IN2O3.C10H10FIN2O2.H4N2O/c19-14-7-10(5-6-15(14)20)21-8-11(26-18(21)25)9-22-16(23)12-3-1-2-4-13(12)17(22)24;13-8-3-6(1-2-9(8)16)18-5-7(21-12(18)20)4-17-11(19)10(14)15;11-8-3-6(1-2-9(8)12)14-5-7(4-13)16-10(14)15;1-2-3/h1-7,11H,8-9H2;1-3,7,10H,4-5H2,(H,17,19);1-3,7H,4-5,13H2;2-3H,1H2/t11-;2*7-;/m100./s1. The van der Waals surface area contributed by atoms with E-state index in [1.807, 2.05) is 73.1 Å². The van der Waals surface area contributed by atoms with E-state index in [4.69, 9.17) is 25.2 Å². The van der Waals surface area contributed by atoms with E-state index in [0.717, 1.165) is 4.90 Å². The molecular weight excluding hydrogens is 1230 g/mol. The third-order valence-electron chi connectivity index (χ3n) is 9.50. The molecule has 0 saturated carbocycles. The lowest BCUT2D eigenvalue weighted by Crippen LogP contribution is -2.38. The fourth-order valence-corrected chi connectivity index (χ4v) is 7.39. The number of benzene rings is 4. The number of hydrazine groups is 1. The number of ether oxygens (including phenoxy) is 3. The van der Waals surface area contributed by atoms with E-state index in [0.29, 0.717) is 45.4 Å². The first kappa shape index (κ1) is 52.0. The van der Waals surface area contributed by atoms with Crippen LogP contribution < -0.4 is 37.2 Å². The average molecular weight is 1260 g/mol. The Balaban J connectivity index is 0.000000185. The van der Waals surface area contributed by atoms with Crippen LogP contribution in [0.5, 0.6) is 0 Å². The number of nitrogens with two attached hydrogens (primary N) is 2. The summed E-state index contributed by atoms with van der Waals surface area (Å²) in [5.41, 5.74) is 8.53. The van der Waals surface area contributed by atoms with E-state index < -0.39 is 66.3 Å². The van der Waals surface area contributed by atoms with E-state index >= 15 is 0 Å². The van der Waals surface area contributed by atoms with Crippen LogP contribution in [0.3, 0.4) is 0 Å². The lowest BCUT2D eigenvalue weighted by molar-refractivity contribution is -0.132. The Kier molecular flexibility index (Phi) is 18.6. The van der Waals surface area contributed by atoms with Gasteiger partial charge >= 0.3 is 24.7 Å². The molecule has 66 heavy (non-hydrogen) atoms. The molecule has 4 aromatic rings. The van der Waals surface area contributed by atoms with Crippen molar-refractivity contribution in [1.29, 1.82) is 0 Å². The van der Waals surface area contributed by atoms with Crippen LogP contribution in [0.1, 0.15) is 20.7 Å². The molecule has 0 radical (unpaired) electrons. The van der Waals surface area contributed by atoms with E-state index in [1.165, 1.54) is 44.6 Å². The third kappa shape index (κ3) is 12.9. The Labute approximate surface area is 412 Å². The van der Waals surface area contributed by atoms with Crippen molar-refractivity contribution in [3.05, 3.63) is 118 Å². The number of nitrogens with one attached hydrogen (secondary N) is 2. The second kappa shape index (κ2) is 23.6. The molecule has 0 aliphatic carbocycles. The molecule has 4 aliphatic rings. The first-order valence-corrected chi connectivity index (χ1v) is 22.2. The van der Waals surface area contributed by atoms with E-state index in [-0.39, 0.29) is 44.6 Å². The van der Waals surface area contributed by atoms with Crippen LogP contribution in [0.4, 0.5) is 53.4 Å². The first-order chi connectivity index (χ1) is 31.4. The third-order valence-corrected chi connectivity index (χ3v) is 12.1. The zero-order chi connectivity index (χ0) is 48.4. The van der Waals surface area contributed by atoms with Gasteiger partial charge in [-0.15, -0.1) is 5.59 Å². The van der Waals surface area contributed by atoms with Crippen LogP contribution in [0.25, 0.3) is 0 Å². The molecule has 26 heteroatoms. The van der Waals surface area contributed by atoms with Gasteiger partial charge in [-0.05, 0) is 135 Å². The number of imide groups is 1. The number of anilines is 3. The summed E-state index contributed by atoms with van der Waals surface area (Å²) < 4.78 is 81.2. The maximum absolute atomic E-state index is 13.8. The van der Waals surface area contributed by atoms with Gasteiger partial charge in [0.1, 0.15) is 35.8 Å². The predicted octanol–water partition coefficient (Wildman–Crippen LogP) is 5.74. The van der Waals surface area contributed by atoms with Gasteiger partial charge in [-0.25, -0.2) is 33.4 Å². The summed E-state index contributed by atoms with van der Waals surface area (Å²) in [5, 5.41) is 9.07. The van der Waals surface area contributed by atoms with Gasteiger partial charge in [0, 0.05) is 17.3 Å². The topological polar surface area (TPSA) is 239 Å². The van der Waals surface area contributed by atoms with Crippen LogP contribution in [-0.2, 0) is 19.0 Å². The van der Waals surface area contributed by atoms with Gasteiger partial charge in [0.15, 0.2) is 0 Å². The van der Waals surface area contributed by atoms with Crippen molar-refractivity contribution in [3.8, 4) is 0 Å². The van der Waals surface area contributed by atoms with Gasteiger partial charge in [-0.3, -0.25) is 34.0 Å². The normalized spacial score (nSPS) is 18.4. The van der Waals surface area contributed by atoms with Gasteiger partial charge in [0.2, 0.25) is 0 Å². The Hall–Kier alpha value is -5.02. The number of hydrogen-bond donors (Lipinski definition) is 5. The van der Waals surface area contributed by atoms with Crippen LogP contribution in [0, 0.1) is 28.2 Å². The lowest BCUT2D eigenvalue weighted by atomic mass is 10.1. The Morgan fingerprint density at radius 1 is 0.667 bits per heavy atom. The van der Waals surface area contributed by atoms with Crippen molar-refractivity contribution >= 4 is 121 Å². The molecule has 4 heterocycles. The highest BCUT2D eigenvalue weighted by atomic mass is 127. The number of cyclic esters (lactones) is 3. The minimum atomic E-state index is -3.12. The molecule has 3 atom stereocenters. The summed E-state index contributed by atoms with van der Waals surface area (Å²) >= 11 is 5.56. The van der Waals surface area contributed by atoms with Crippen molar-refractivity contribution in [3.63, 3.8) is 0 Å². The van der Waals surface area contributed by atoms with Crippen molar-refractivity contribution in [2.75, 3.05) is 54.0 Å². The summed E-state index contributed by atoms with van der Waals surface area (Å²) in [6, 6.07) is 19.9. The largest absolute Gasteiger partial charge is 0.443 e. The van der Waals surface area contributed by atoms with E-state index in [2.05, 4.69) is 5.84 Å². The fourth-order valence-electron chi connectivity index (χ4n) is 6.38. The molecule has 0 unspecified atom stereocenters. The SMILES string of the molecule is NC[C@H]1CN(c2ccc(I)c(F)c2)C(=O)O1.NNO.O=C(NC[C@H]1CN(c2ccc(I)c(F)c2)C(=O)O1)C(F)F.O=C1c2ccccc2C(=O)N1C[C@H]1CN(c2ccc(I)c(F)c2)C(=O)O1. The molecule has 0 spiro atoms. The number of fused-ring (bicyclic) bond motifs is 1. The summed E-state index contributed by atoms with van der Waals surface area (Å²) in [6.07, 6.45) is -6.69. The zero-order valence-corrected chi connectivity index (χ0v) is 40.1. The molecule has 352 valence electrons. The number of carbonyl (C=O) groups excluding carboxylic acids is 6. The first-order valence-electron chi connectivity index (χ1n) is 19.0. The second-order valence-corrected chi connectivity index (χ2v) is 17.3. The molecule has 6 amide bonds. The van der Waals surface area contributed by atoms with Crippen LogP contribution >= 0.6 is 67.8 Å². The molecule has 4 aliphatic heterocycles. The highest BCUT2D eigenvalue weighted by Crippen LogP contribution is 2.29. The number of hydrogen-bond acceptors (Lipinski definition) is 13. The highest BCUT2D eigenvalue weighted by molar-refractivity contribution is 14.1. The molecule has 4 aromatic carbocycles. The minimum absolute atomic E-state index is 0.0402. The maximum atomic E-state index is 13.8. The van der Waals surface area contributed by atoms with Crippen molar-refractivity contribution in [1.82, 2.24) is 15.8 Å². The van der Waals surface area contributed by atoms with Crippen LogP contribution in [-0.4, -0.2) is 110 Å². The number of nitrogens with zero attached hydrogens (tertiary/aromatic N) is 4. The Bertz CT molecular complexity index is 2450. The van der Waals surface area contributed by atoms with Crippen LogP contribution in [0.15, 0.2) is 78.9 Å². The number of amides is 6. The molecule has 18 nitrogen and oxygen atoms in total. The number of halogens is 8. The maximum Gasteiger partial charge on any atom is 0.414 e. The summed E-state index contributed by atoms with van der Waals surface area (Å²) in [4.78, 5) is 75.8. The Morgan fingerprint density at radius 3 is 1.39 bits per heavy atom. The molecule has 0 aromatic heterocycles. The molecule has 0 bridgehead atoms. The molecule has 8 rings (SSSR count). The Morgan fingerprint density at radius 2 is 1.03 bits per heavy atom. The lowest BCUT2D eigenvalue weighted by Gasteiger charge is -2.17. The minimum Gasteiger partial charge on any atom is -0.443 e.